The molecule has 0 radical (unpaired) electrons. The van der Waals surface area contributed by atoms with Crippen molar-refractivity contribution < 1.29 is 13.9 Å². The minimum Gasteiger partial charge on any atom is -0.384 e. The summed E-state index contributed by atoms with van der Waals surface area (Å²) in [6.07, 6.45) is -1.08. The lowest BCUT2D eigenvalue weighted by atomic mass is 9.92. The van der Waals surface area contributed by atoms with Gasteiger partial charge in [0.1, 0.15) is 17.7 Å². The van der Waals surface area contributed by atoms with Crippen LogP contribution in [0.15, 0.2) is 30.3 Å². The van der Waals surface area contributed by atoms with E-state index in [1.807, 2.05) is 32.9 Å². The maximum atomic E-state index is 13.7. The van der Waals surface area contributed by atoms with Gasteiger partial charge >= 0.3 is 0 Å². The molecule has 1 nitrogen and oxygen atoms in total. The summed E-state index contributed by atoms with van der Waals surface area (Å²) < 4.78 is 26.6. The van der Waals surface area contributed by atoms with Crippen LogP contribution in [0.25, 0.3) is 0 Å². The summed E-state index contributed by atoms with van der Waals surface area (Å²) in [5, 5.41) is 10.4. The van der Waals surface area contributed by atoms with E-state index in [9.17, 15) is 13.9 Å². The van der Waals surface area contributed by atoms with Crippen LogP contribution in [0.4, 0.5) is 8.78 Å². The molecule has 0 aromatic heterocycles. The van der Waals surface area contributed by atoms with Gasteiger partial charge < -0.3 is 5.11 Å². The molecule has 0 spiro atoms. The monoisotopic (exact) mass is 262 g/mol. The molecule has 3 heteroatoms. The average molecular weight is 262 g/mol. The van der Waals surface area contributed by atoms with E-state index in [0.29, 0.717) is 5.56 Å². The number of hydrogen-bond donors (Lipinski definition) is 1. The number of aliphatic hydroxyl groups excluding tert-OH is 1. The predicted octanol–water partition coefficient (Wildman–Crippen LogP) is 3.97. The second kappa shape index (κ2) is 5.10. The highest BCUT2D eigenvalue weighted by Crippen LogP contribution is 2.30. The van der Waals surface area contributed by atoms with E-state index in [4.69, 9.17) is 0 Å². The van der Waals surface area contributed by atoms with Crippen molar-refractivity contribution in [1.82, 2.24) is 0 Å². The van der Waals surface area contributed by atoms with Gasteiger partial charge in [-0.1, -0.05) is 23.8 Å². The summed E-state index contributed by atoms with van der Waals surface area (Å²) in [5.74, 6) is -1.38. The van der Waals surface area contributed by atoms with Crippen molar-refractivity contribution in [1.29, 1.82) is 0 Å². The zero-order valence-corrected chi connectivity index (χ0v) is 11.2. The molecule has 0 aliphatic carbocycles. The van der Waals surface area contributed by atoms with E-state index >= 15 is 0 Å². The number of aryl methyl sites for hydroxylation is 3. The fourth-order valence-electron chi connectivity index (χ4n) is 2.50. The maximum Gasteiger partial charge on any atom is 0.132 e. The van der Waals surface area contributed by atoms with Crippen molar-refractivity contribution in [3.8, 4) is 0 Å². The summed E-state index contributed by atoms with van der Waals surface area (Å²) >= 11 is 0. The lowest BCUT2D eigenvalue weighted by Gasteiger charge is -2.18. The predicted molar refractivity (Wildman–Crippen MR) is 71.1 cm³/mol. The van der Waals surface area contributed by atoms with Crippen LogP contribution in [0.3, 0.4) is 0 Å². The summed E-state index contributed by atoms with van der Waals surface area (Å²) in [4.78, 5) is 0. The molecule has 1 unspecified atom stereocenters. The van der Waals surface area contributed by atoms with Crippen molar-refractivity contribution >= 4 is 0 Å². The lowest BCUT2D eigenvalue weighted by Crippen LogP contribution is -2.07. The van der Waals surface area contributed by atoms with E-state index in [2.05, 4.69) is 0 Å². The Balaban J connectivity index is 2.53. The van der Waals surface area contributed by atoms with Crippen LogP contribution >= 0.6 is 0 Å². The van der Waals surface area contributed by atoms with E-state index in [0.717, 1.165) is 28.8 Å². The molecule has 100 valence electrons. The number of rotatable bonds is 2. The van der Waals surface area contributed by atoms with Gasteiger partial charge in [0.2, 0.25) is 0 Å². The molecule has 2 aromatic carbocycles. The fraction of sp³-hybridized carbons (Fsp3) is 0.250. The number of benzene rings is 2. The van der Waals surface area contributed by atoms with Crippen molar-refractivity contribution in [3.63, 3.8) is 0 Å². The third-order valence-corrected chi connectivity index (χ3v) is 3.27. The van der Waals surface area contributed by atoms with Crippen LogP contribution in [0.2, 0.25) is 0 Å². The van der Waals surface area contributed by atoms with Gasteiger partial charge in [0, 0.05) is 11.6 Å². The minimum atomic E-state index is -1.08. The zero-order valence-electron chi connectivity index (χ0n) is 11.2. The standard InChI is InChI=1S/C16H16F2O/c1-9-6-10(2)15(11(3)7-9)16(19)13-5-4-12(17)8-14(13)18/h4-8,16,19H,1-3H3. The van der Waals surface area contributed by atoms with Crippen molar-refractivity contribution in [2.45, 2.75) is 26.9 Å². The van der Waals surface area contributed by atoms with Gasteiger partial charge in [-0.15, -0.1) is 0 Å². The van der Waals surface area contributed by atoms with Gasteiger partial charge in [-0.25, -0.2) is 8.78 Å². The second-order valence-corrected chi connectivity index (χ2v) is 4.88. The molecule has 19 heavy (non-hydrogen) atoms. The quantitative estimate of drug-likeness (QED) is 0.868. The molecular formula is C16H16F2O. The second-order valence-electron chi connectivity index (χ2n) is 4.88. The Bertz CT molecular complexity index is 597. The Morgan fingerprint density at radius 1 is 0.947 bits per heavy atom. The van der Waals surface area contributed by atoms with Crippen LogP contribution in [0, 0.1) is 32.4 Å². The smallest absolute Gasteiger partial charge is 0.132 e. The molecule has 0 aliphatic rings. The Morgan fingerprint density at radius 3 is 2.05 bits per heavy atom. The third kappa shape index (κ3) is 2.66. The highest BCUT2D eigenvalue weighted by Gasteiger charge is 2.19. The molecule has 0 fully saturated rings. The van der Waals surface area contributed by atoms with Crippen LogP contribution in [-0.2, 0) is 0 Å². The molecule has 1 atom stereocenters. The Morgan fingerprint density at radius 2 is 1.53 bits per heavy atom. The topological polar surface area (TPSA) is 20.2 Å². The Kier molecular flexibility index (Phi) is 3.67. The highest BCUT2D eigenvalue weighted by molar-refractivity contribution is 5.43. The molecular weight excluding hydrogens is 246 g/mol. The highest BCUT2D eigenvalue weighted by atomic mass is 19.1. The summed E-state index contributed by atoms with van der Waals surface area (Å²) in [6.45, 7) is 5.72. The van der Waals surface area contributed by atoms with E-state index < -0.39 is 17.7 Å². The van der Waals surface area contributed by atoms with Crippen molar-refractivity contribution in [2.24, 2.45) is 0 Å². The number of aliphatic hydroxyl groups is 1. The van der Waals surface area contributed by atoms with Crippen molar-refractivity contribution in [3.05, 3.63) is 69.8 Å². The molecule has 0 aliphatic heterocycles. The normalized spacial score (nSPS) is 12.5. The Hall–Kier alpha value is -1.74. The van der Waals surface area contributed by atoms with Crippen LogP contribution in [-0.4, -0.2) is 5.11 Å². The molecule has 2 aromatic rings. The van der Waals surface area contributed by atoms with Gasteiger partial charge in [0.25, 0.3) is 0 Å². The molecule has 0 saturated heterocycles. The van der Waals surface area contributed by atoms with Gasteiger partial charge in [-0.3, -0.25) is 0 Å². The van der Waals surface area contributed by atoms with Gasteiger partial charge in [0.15, 0.2) is 0 Å². The third-order valence-electron chi connectivity index (χ3n) is 3.27. The lowest BCUT2D eigenvalue weighted by molar-refractivity contribution is 0.213. The molecule has 0 amide bonds. The SMILES string of the molecule is Cc1cc(C)c(C(O)c2ccc(F)cc2F)c(C)c1. The van der Waals surface area contributed by atoms with E-state index in [-0.39, 0.29) is 5.56 Å². The zero-order chi connectivity index (χ0) is 14.2. The fourth-order valence-corrected chi connectivity index (χ4v) is 2.50. The first-order valence-electron chi connectivity index (χ1n) is 6.11. The van der Waals surface area contributed by atoms with Crippen molar-refractivity contribution in [2.75, 3.05) is 0 Å². The van der Waals surface area contributed by atoms with Gasteiger partial charge in [-0.2, -0.15) is 0 Å². The largest absolute Gasteiger partial charge is 0.384 e. The Labute approximate surface area is 111 Å². The summed E-state index contributed by atoms with van der Waals surface area (Å²) in [6, 6.07) is 7.10. The molecule has 1 N–H and O–H groups in total. The van der Waals surface area contributed by atoms with E-state index in [1.54, 1.807) is 0 Å². The summed E-state index contributed by atoms with van der Waals surface area (Å²) in [7, 11) is 0. The molecule has 0 saturated carbocycles. The van der Waals surface area contributed by atoms with Crippen LogP contribution < -0.4 is 0 Å². The average Bonchev–Trinajstić information content (AvgIpc) is 2.26. The first kappa shape index (κ1) is 13.7. The first-order valence-corrected chi connectivity index (χ1v) is 6.11. The molecule has 0 heterocycles. The minimum absolute atomic E-state index is 0.0939. The molecule has 2 rings (SSSR count). The van der Waals surface area contributed by atoms with Gasteiger partial charge in [-0.05, 0) is 43.5 Å². The molecule has 0 bridgehead atoms. The number of halogens is 2. The van der Waals surface area contributed by atoms with Crippen LogP contribution in [0.1, 0.15) is 33.9 Å². The summed E-state index contributed by atoms with van der Waals surface area (Å²) in [5.41, 5.74) is 3.65. The first-order chi connectivity index (χ1) is 8.90. The van der Waals surface area contributed by atoms with Gasteiger partial charge in [0.05, 0.1) is 0 Å². The van der Waals surface area contributed by atoms with Crippen LogP contribution in [0.5, 0.6) is 0 Å². The maximum absolute atomic E-state index is 13.7. The van der Waals surface area contributed by atoms with E-state index in [1.165, 1.54) is 6.07 Å². The number of hydrogen-bond acceptors (Lipinski definition) is 1.